The van der Waals surface area contributed by atoms with Crippen LogP contribution < -0.4 is 4.74 Å². The number of methoxy groups -OCH3 is 1. The van der Waals surface area contributed by atoms with Crippen LogP contribution in [0.5, 0.6) is 5.75 Å². The summed E-state index contributed by atoms with van der Waals surface area (Å²) in [5, 5.41) is -0.106. The highest BCUT2D eigenvalue weighted by atomic mass is 32.3. The molecule has 1 aromatic rings. The first-order valence-corrected chi connectivity index (χ1v) is 8.47. The minimum atomic E-state index is -1.22. The molecule has 0 aliphatic rings. The maximum Gasteiger partial charge on any atom is 0.317 e. The Kier molecular flexibility index (Phi) is 5.08. The predicted molar refractivity (Wildman–Crippen MR) is 76.8 cm³/mol. The highest BCUT2D eigenvalue weighted by Gasteiger charge is 2.29. The Hall–Kier alpha value is -1.16. The first-order valence-electron chi connectivity index (χ1n) is 5.96. The normalized spacial score (nSPS) is 13.8. The molecule has 18 heavy (non-hydrogen) atoms. The fraction of sp³-hybridized carbons (Fsp3) is 0.500. The van der Waals surface area contributed by atoms with Crippen molar-refractivity contribution < 1.29 is 14.3 Å². The molecule has 102 valence electrons. The van der Waals surface area contributed by atoms with Gasteiger partial charge in [-0.2, -0.15) is 0 Å². The molecule has 0 N–H and O–H groups in total. The average Bonchev–Trinajstić information content (AvgIpc) is 2.38. The molecule has 0 heterocycles. The van der Waals surface area contributed by atoms with Crippen molar-refractivity contribution >= 4 is 16.0 Å². The van der Waals surface area contributed by atoms with Crippen molar-refractivity contribution in [2.24, 2.45) is 0 Å². The van der Waals surface area contributed by atoms with Crippen LogP contribution in [0.25, 0.3) is 0 Å². The fourth-order valence-corrected chi connectivity index (χ4v) is 3.43. The minimum Gasteiger partial charge on any atom is -0.497 e. The van der Waals surface area contributed by atoms with Crippen LogP contribution in [0.15, 0.2) is 29.2 Å². The van der Waals surface area contributed by atoms with Crippen molar-refractivity contribution in [2.75, 3.05) is 26.2 Å². The van der Waals surface area contributed by atoms with Crippen LogP contribution in [0.2, 0.25) is 0 Å². The van der Waals surface area contributed by atoms with E-state index in [1.54, 1.807) is 7.11 Å². The third-order valence-electron chi connectivity index (χ3n) is 3.17. The summed E-state index contributed by atoms with van der Waals surface area (Å²) >= 11 is 0. The van der Waals surface area contributed by atoms with E-state index in [1.807, 2.05) is 38.1 Å². The lowest BCUT2D eigenvalue weighted by Crippen LogP contribution is -2.25. The zero-order chi connectivity index (χ0) is 13.8. The maximum atomic E-state index is 11.9. The van der Waals surface area contributed by atoms with Gasteiger partial charge in [0, 0.05) is 0 Å². The number of benzene rings is 1. The van der Waals surface area contributed by atoms with Gasteiger partial charge in [0.2, 0.25) is 0 Å². The van der Waals surface area contributed by atoms with Crippen LogP contribution in [0.1, 0.15) is 13.8 Å². The molecule has 0 aromatic heterocycles. The molecule has 0 aliphatic heterocycles. The highest BCUT2D eigenvalue weighted by molar-refractivity contribution is 8.33. The molecule has 0 aliphatic carbocycles. The van der Waals surface area contributed by atoms with E-state index in [9.17, 15) is 4.79 Å². The van der Waals surface area contributed by atoms with Gasteiger partial charge in [-0.05, 0) is 55.5 Å². The Bertz CT molecular complexity index is 398. The van der Waals surface area contributed by atoms with Crippen LogP contribution >= 0.6 is 10.0 Å². The first-order chi connectivity index (χ1) is 8.43. The van der Waals surface area contributed by atoms with Crippen molar-refractivity contribution in [3.63, 3.8) is 0 Å². The van der Waals surface area contributed by atoms with Gasteiger partial charge in [-0.1, -0.05) is 0 Å². The van der Waals surface area contributed by atoms with Gasteiger partial charge in [0.05, 0.1) is 19.0 Å². The molecule has 1 atom stereocenters. The van der Waals surface area contributed by atoms with Crippen LogP contribution in [0.3, 0.4) is 0 Å². The summed E-state index contributed by atoms with van der Waals surface area (Å²) in [4.78, 5) is 13.0. The Balaban J connectivity index is 2.93. The summed E-state index contributed by atoms with van der Waals surface area (Å²) in [7, 11) is 0.432. The van der Waals surface area contributed by atoms with E-state index in [0.717, 1.165) is 5.75 Å². The zero-order valence-electron chi connectivity index (χ0n) is 11.7. The summed E-state index contributed by atoms with van der Waals surface area (Å²) in [6.07, 6.45) is 4.27. The Morgan fingerprint density at radius 2 is 1.83 bits per heavy atom. The molecule has 0 radical (unpaired) electrons. The lowest BCUT2D eigenvalue weighted by molar-refractivity contribution is -0.142. The molecule has 1 unspecified atom stereocenters. The Morgan fingerprint density at radius 1 is 1.28 bits per heavy atom. The summed E-state index contributed by atoms with van der Waals surface area (Å²) < 4.78 is 10.3. The van der Waals surface area contributed by atoms with Crippen molar-refractivity contribution in [3.8, 4) is 5.75 Å². The smallest absolute Gasteiger partial charge is 0.317 e. The molecular weight excluding hydrogens is 248 g/mol. The standard InChI is InChI=1S/C14H22O3S/c1-6-17-14(15)11(2)18(4,5)13-9-7-12(16-3)8-10-13/h7-11H,6H2,1-5H3. The number of hydrogen-bond acceptors (Lipinski definition) is 3. The topological polar surface area (TPSA) is 35.5 Å². The SMILES string of the molecule is CCOC(=O)C(C)S(C)(C)c1ccc(OC)cc1. The van der Waals surface area contributed by atoms with Gasteiger partial charge in [-0.3, -0.25) is 4.79 Å². The second-order valence-electron chi connectivity index (χ2n) is 4.48. The van der Waals surface area contributed by atoms with E-state index >= 15 is 0 Å². The Morgan fingerprint density at radius 3 is 2.28 bits per heavy atom. The van der Waals surface area contributed by atoms with Gasteiger partial charge in [-0.15, -0.1) is 0 Å². The van der Waals surface area contributed by atoms with E-state index in [1.165, 1.54) is 4.90 Å². The molecule has 0 fully saturated rings. The number of esters is 1. The summed E-state index contributed by atoms with van der Waals surface area (Å²) in [5.74, 6) is 0.714. The summed E-state index contributed by atoms with van der Waals surface area (Å²) in [6, 6.07) is 7.93. The lowest BCUT2D eigenvalue weighted by Gasteiger charge is -2.36. The van der Waals surface area contributed by atoms with Crippen molar-refractivity contribution in [1.29, 1.82) is 0 Å². The van der Waals surface area contributed by atoms with Gasteiger partial charge < -0.3 is 9.47 Å². The van der Waals surface area contributed by atoms with Crippen LogP contribution in [-0.2, 0) is 9.53 Å². The van der Waals surface area contributed by atoms with Gasteiger partial charge in [0.1, 0.15) is 5.75 Å². The quantitative estimate of drug-likeness (QED) is 0.771. The number of rotatable bonds is 5. The molecule has 1 aromatic carbocycles. The Labute approximate surface area is 111 Å². The van der Waals surface area contributed by atoms with Gasteiger partial charge in [0.25, 0.3) is 0 Å². The molecule has 0 saturated heterocycles. The molecule has 0 amide bonds. The molecule has 0 saturated carbocycles. The van der Waals surface area contributed by atoms with Gasteiger partial charge in [-0.25, -0.2) is 10.0 Å². The summed E-state index contributed by atoms with van der Waals surface area (Å²) in [5.41, 5.74) is 0. The van der Waals surface area contributed by atoms with Crippen molar-refractivity contribution in [1.82, 2.24) is 0 Å². The molecule has 1 rings (SSSR count). The molecular formula is C14H22O3S. The highest BCUT2D eigenvalue weighted by Crippen LogP contribution is 2.53. The summed E-state index contributed by atoms with van der Waals surface area (Å²) in [6.45, 7) is 4.21. The van der Waals surface area contributed by atoms with Crippen molar-refractivity contribution in [2.45, 2.75) is 24.0 Å². The van der Waals surface area contributed by atoms with E-state index in [0.29, 0.717) is 6.61 Å². The zero-order valence-corrected chi connectivity index (χ0v) is 12.5. The minimum absolute atomic E-state index is 0.106. The first kappa shape index (κ1) is 14.9. The van der Waals surface area contributed by atoms with E-state index in [4.69, 9.17) is 9.47 Å². The van der Waals surface area contributed by atoms with E-state index < -0.39 is 10.0 Å². The monoisotopic (exact) mass is 270 g/mol. The number of hydrogen-bond donors (Lipinski definition) is 0. The largest absolute Gasteiger partial charge is 0.497 e. The van der Waals surface area contributed by atoms with E-state index in [-0.39, 0.29) is 11.2 Å². The molecule has 4 heteroatoms. The lowest BCUT2D eigenvalue weighted by atomic mass is 10.3. The average molecular weight is 270 g/mol. The van der Waals surface area contributed by atoms with Gasteiger partial charge >= 0.3 is 5.97 Å². The second kappa shape index (κ2) is 6.14. The maximum absolute atomic E-state index is 11.9. The second-order valence-corrected chi connectivity index (χ2v) is 8.47. The van der Waals surface area contributed by atoms with Crippen LogP contribution in [0, 0.1) is 0 Å². The third kappa shape index (κ3) is 3.19. The molecule has 3 nitrogen and oxygen atoms in total. The fourth-order valence-electron chi connectivity index (χ4n) is 1.63. The third-order valence-corrected chi connectivity index (χ3v) is 6.62. The van der Waals surface area contributed by atoms with E-state index in [2.05, 4.69) is 12.5 Å². The number of carbonyl (C=O) groups excluding carboxylic acids is 1. The van der Waals surface area contributed by atoms with Crippen LogP contribution in [-0.4, -0.2) is 37.4 Å². The number of carbonyl (C=O) groups is 1. The molecule has 0 bridgehead atoms. The number of ether oxygens (including phenoxy) is 2. The van der Waals surface area contributed by atoms with Crippen LogP contribution in [0.4, 0.5) is 0 Å². The predicted octanol–water partition coefficient (Wildman–Crippen LogP) is 3.07. The van der Waals surface area contributed by atoms with Gasteiger partial charge in [0.15, 0.2) is 0 Å². The van der Waals surface area contributed by atoms with Crippen molar-refractivity contribution in [3.05, 3.63) is 24.3 Å². The molecule has 0 spiro atoms.